The molecule has 0 bridgehead atoms. The van der Waals surface area contributed by atoms with Crippen LogP contribution in [0.15, 0.2) is 98.1 Å². The molecule has 0 aromatic heterocycles. The average molecular weight is 453 g/mol. The molecule has 0 N–H and O–H groups in total. The molecular formula is C30H44O3. The standard InChI is InChI=1S/C8H8O.C8H10.C5H8O.C3H6O.2C3H6/c1-7(9)8-5-3-2-4-6-8;1-2-8-6-4-3-5-7-8;1-4(2)5(3)6;1-3(2)4;2*1-3-2/h2-6H,1H3;3-7H,2H2,1H3;1H2,2-3H3;1-2H3;2*3H,1H2,2H3. The van der Waals surface area contributed by atoms with Crippen LogP contribution in [0.5, 0.6) is 0 Å². The highest BCUT2D eigenvalue weighted by molar-refractivity contribution is 5.93. The summed E-state index contributed by atoms with van der Waals surface area (Å²) in [7, 11) is 0. The Morgan fingerprint density at radius 1 is 0.727 bits per heavy atom. The maximum absolute atomic E-state index is 10.6. The van der Waals surface area contributed by atoms with Gasteiger partial charge in [-0.2, -0.15) is 0 Å². The monoisotopic (exact) mass is 452 g/mol. The number of carbonyl (C=O) groups is 3. The third kappa shape index (κ3) is 39.7. The molecule has 2 aromatic rings. The van der Waals surface area contributed by atoms with E-state index in [0.717, 1.165) is 12.0 Å². The molecule has 0 heterocycles. The van der Waals surface area contributed by atoms with E-state index in [2.05, 4.69) is 50.9 Å². The first-order chi connectivity index (χ1) is 15.4. The summed E-state index contributed by atoms with van der Waals surface area (Å²) in [5.41, 5.74) is 2.81. The van der Waals surface area contributed by atoms with Crippen LogP contribution in [0.2, 0.25) is 0 Å². The van der Waals surface area contributed by atoms with Crippen LogP contribution in [0.25, 0.3) is 0 Å². The Bertz CT molecular complexity index is 751. The van der Waals surface area contributed by atoms with E-state index in [1.807, 2.05) is 50.2 Å². The normalized spacial score (nSPS) is 7.64. The second-order valence-electron chi connectivity index (χ2n) is 6.82. The van der Waals surface area contributed by atoms with Crippen LogP contribution in [0.1, 0.15) is 71.3 Å². The van der Waals surface area contributed by atoms with Crippen molar-refractivity contribution in [3.05, 3.63) is 109 Å². The summed E-state index contributed by atoms with van der Waals surface area (Å²) in [6.07, 6.45) is 4.64. The van der Waals surface area contributed by atoms with Gasteiger partial charge >= 0.3 is 0 Å². The maximum atomic E-state index is 10.6. The molecule has 33 heavy (non-hydrogen) atoms. The van der Waals surface area contributed by atoms with Gasteiger partial charge < -0.3 is 4.79 Å². The molecule has 0 unspecified atom stereocenters. The van der Waals surface area contributed by atoms with Gasteiger partial charge in [-0.15, -0.1) is 13.2 Å². The average Bonchev–Trinajstić information content (AvgIpc) is 2.76. The van der Waals surface area contributed by atoms with Gasteiger partial charge in [0.25, 0.3) is 0 Å². The van der Waals surface area contributed by atoms with E-state index in [1.165, 1.54) is 26.3 Å². The number of benzene rings is 2. The Morgan fingerprint density at radius 2 is 1.00 bits per heavy atom. The fourth-order valence-corrected chi connectivity index (χ4v) is 1.39. The number of Topliss-reactive ketones (excluding diaryl/α,β-unsaturated/α-hetero) is 3. The Hall–Kier alpha value is -3.33. The minimum Gasteiger partial charge on any atom is -0.300 e. The summed E-state index contributed by atoms with van der Waals surface area (Å²) in [6.45, 7) is 23.9. The van der Waals surface area contributed by atoms with Crippen LogP contribution in [0.3, 0.4) is 0 Å². The van der Waals surface area contributed by atoms with E-state index in [4.69, 9.17) is 0 Å². The first kappa shape index (κ1) is 37.0. The molecule has 182 valence electrons. The largest absolute Gasteiger partial charge is 0.300 e. The molecule has 2 rings (SSSR count). The molecule has 3 nitrogen and oxygen atoms in total. The van der Waals surface area contributed by atoms with Gasteiger partial charge in [0.15, 0.2) is 11.6 Å². The van der Waals surface area contributed by atoms with Crippen molar-refractivity contribution in [1.29, 1.82) is 0 Å². The first-order valence-electron chi connectivity index (χ1n) is 10.8. The lowest BCUT2D eigenvalue weighted by Gasteiger charge is -1.89. The second kappa shape index (κ2) is 28.7. The highest BCUT2D eigenvalue weighted by Crippen LogP contribution is 1.98. The fraction of sp³-hybridized carbons (Fsp3) is 0.300. The van der Waals surface area contributed by atoms with Crippen molar-refractivity contribution < 1.29 is 14.4 Å². The van der Waals surface area contributed by atoms with Gasteiger partial charge in [-0.3, -0.25) is 9.59 Å². The van der Waals surface area contributed by atoms with E-state index in [-0.39, 0.29) is 17.3 Å². The SMILES string of the molecule is C=C(C)C(C)=O.C=CC.C=CC.CC(=O)c1ccccc1.CC(C)=O.CCc1ccccc1. The molecule has 3 heteroatoms. The summed E-state index contributed by atoms with van der Waals surface area (Å²) >= 11 is 0. The van der Waals surface area contributed by atoms with Gasteiger partial charge in [-0.05, 0) is 66.0 Å². The summed E-state index contributed by atoms with van der Waals surface area (Å²) in [4.78, 5) is 30.1. The van der Waals surface area contributed by atoms with Gasteiger partial charge in [0, 0.05) is 5.56 Å². The Morgan fingerprint density at radius 3 is 1.15 bits per heavy atom. The van der Waals surface area contributed by atoms with Crippen molar-refractivity contribution in [3.8, 4) is 0 Å². The number of rotatable bonds is 3. The Labute approximate surface area is 203 Å². The number of hydrogen-bond acceptors (Lipinski definition) is 3. The minimum absolute atomic E-state index is 0.0648. The number of hydrogen-bond donors (Lipinski definition) is 0. The van der Waals surface area contributed by atoms with Gasteiger partial charge in [0.2, 0.25) is 0 Å². The van der Waals surface area contributed by atoms with Gasteiger partial charge in [-0.1, -0.05) is 86.3 Å². The van der Waals surface area contributed by atoms with Crippen molar-refractivity contribution in [2.24, 2.45) is 0 Å². The molecule has 0 aliphatic heterocycles. The summed E-state index contributed by atoms with van der Waals surface area (Å²) in [5, 5.41) is 0. The predicted molar refractivity (Wildman–Crippen MR) is 146 cm³/mol. The number of ketones is 3. The maximum Gasteiger partial charge on any atom is 0.159 e. The number of aryl methyl sites for hydroxylation is 1. The molecule has 0 fully saturated rings. The lowest BCUT2D eigenvalue weighted by atomic mass is 10.2. The quantitative estimate of drug-likeness (QED) is 0.267. The van der Waals surface area contributed by atoms with Crippen LogP contribution in [0.4, 0.5) is 0 Å². The van der Waals surface area contributed by atoms with E-state index >= 15 is 0 Å². The summed E-state index contributed by atoms with van der Waals surface area (Å²) in [6, 6.07) is 19.7. The topological polar surface area (TPSA) is 51.2 Å². The number of allylic oxidation sites excluding steroid dienone is 3. The molecule has 0 radical (unpaired) electrons. The van der Waals surface area contributed by atoms with E-state index in [1.54, 1.807) is 26.0 Å². The van der Waals surface area contributed by atoms with E-state index in [0.29, 0.717) is 5.57 Å². The van der Waals surface area contributed by atoms with Crippen LogP contribution in [-0.2, 0) is 16.0 Å². The van der Waals surface area contributed by atoms with E-state index in [9.17, 15) is 14.4 Å². The van der Waals surface area contributed by atoms with Crippen LogP contribution in [0, 0.1) is 0 Å². The van der Waals surface area contributed by atoms with Crippen LogP contribution < -0.4 is 0 Å². The molecule has 0 saturated heterocycles. The van der Waals surface area contributed by atoms with Gasteiger partial charge in [0.1, 0.15) is 5.78 Å². The highest BCUT2D eigenvalue weighted by Gasteiger charge is 1.92. The summed E-state index contributed by atoms with van der Waals surface area (Å²) < 4.78 is 0. The lowest BCUT2D eigenvalue weighted by molar-refractivity contribution is -0.115. The molecule has 2 aromatic carbocycles. The zero-order valence-corrected chi connectivity index (χ0v) is 22.0. The fourth-order valence-electron chi connectivity index (χ4n) is 1.39. The molecule has 0 amide bonds. The van der Waals surface area contributed by atoms with Crippen molar-refractivity contribution in [1.82, 2.24) is 0 Å². The molecule has 0 spiro atoms. The third-order valence-electron chi connectivity index (χ3n) is 3.03. The molecular weight excluding hydrogens is 408 g/mol. The number of carbonyl (C=O) groups excluding carboxylic acids is 3. The third-order valence-corrected chi connectivity index (χ3v) is 3.03. The van der Waals surface area contributed by atoms with Crippen molar-refractivity contribution in [2.45, 2.75) is 61.8 Å². The lowest BCUT2D eigenvalue weighted by Crippen LogP contribution is -1.88. The second-order valence-corrected chi connectivity index (χ2v) is 6.82. The van der Waals surface area contributed by atoms with Crippen molar-refractivity contribution in [2.75, 3.05) is 0 Å². The molecule has 0 aliphatic rings. The smallest absolute Gasteiger partial charge is 0.159 e. The van der Waals surface area contributed by atoms with Gasteiger partial charge in [-0.25, -0.2) is 0 Å². The first-order valence-corrected chi connectivity index (χ1v) is 10.8. The van der Waals surface area contributed by atoms with E-state index < -0.39 is 0 Å². The summed E-state index contributed by atoms with van der Waals surface area (Å²) in [5.74, 6) is 0.352. The van der Waals surface area contributed by atoms with Crippen molar-refractivity contribution in [3.63, 3.8) is 0 Å². The molecule has 0 saturated carbocycles. The van der Waals surface area contributed by atoms with Crippen molar-refractivity contribution >= 4 is 17.3 Å². The molecule has 0 atom stereocenters. The highest BCUT2D eigenvalue weighted by atomic mass is 16.1. The van der Waals surface area contributed by atoms with Gasteiger partial charge in [0.05, 0.1) is 0 Å². The van der Waals surface area contributed by atoms with Crippen LogP contribution >= 0.6 is 0 Å². The van der Waals surface area contributed by atoms with Crippen LogP contribution in [-0.4, -0.2) is 17.3 Å². The molecule has 0 aliphatic carbocycles. The predicted octanol–water partition coefficient (Wildman–Crippen LogP) is 8.27. The zero-order chi connectivity index (χ0) is 26.7. The minimum atomic E-state index is 0.0648. The Balaban J connectivity index is -0.000000162. The Kier molecular flexibility index (Phi) is 32.2. The zero-order valence-electron chi connectivity index (χ0n) is 22.0.